The van der Waals surface area contributed by atoms with Crippen molar-refractivity contribution < 1.29 is 24.2 Å². The Morgan fingerprint density at radius 1 is 1.23 bits per heavy atom. The van der Waals surface area contributed by atoms with E-state index in [1.165, 1.54) is 21.1 Å². The first-order valence-electron chi connectivity index (χ1n) is 9.37. The monoisotopic (exact) mass is 412 g/mol. The van der Waals surface area contributed by atoms with Gasteiger partial charge in [0.15, 0.2) is 17.2 Å². The van der Waals surface area contributed by atoms with Gasteiger partial charge >= 0.3 is 5.97 Å². The molecule has 2 heterocycles. The molecule has 0 aliphatic carbocycles. The van der Waals surface area contributed by atoms with Crippen LogP contribution in [0.3, 0.4) is 0 Å². The zero-order chi connectivity index (χ0) is 21.8. The number of carbonyl (C=O) groups is 2. The van der Waals surface area contributed by atoms with Crippen LogP contribution in [0, 0.1) is 0 Å². The molecule has 0 radical (unpaired) electrons. The summed E-state index contributed by atoms with van der Waals surface area (Å²) in [6, 6.07) is 6.95. The van der Waals surface area contributed by atoms with Crippen LogP contribution in [-0.4, -0.2) is 40.8 Å². The summed E-state index contributed by atoms with van der Waals surface area (Å²) in [5, 5.41) is 16.5. The van der Waals surface area contributed by atoms with Crippen molar-refractivity contribution >= 4 is 34.3 Å². The second kappa shape index (κ2) is 8.73. The number of aromatic nitrogens is 2. The summed E-state index contributed by atoms with van der Waals surface area (Å²) in [7, 11) is 2.79. The molecule has 0 aliphatic heterocycles. The quantitative estimate of drug-likeness (QED) is 0.511. The zero-order valence-electron chi connectivity index (χ0n) is 17.3. The lowest BCUT2D eigenvalue weighted by Gasteiger charge is -2.09. The molecule has 0 aliphatic rings. The van der Waals surface area contributed by atoms with Gasteiger partial charge in [-0.05, 0) is 30.7 Å². The van der Waals surface area contributed by atoms with Gasteiger partial charge in [-0.3, -0.25) is 4.79 Å². The van der Waals surface area contributed by atoms with Crippen LogP contribution in [0.4, 0.5) is 11.4 Å². The molecule has 2 aromatic heterocycles. The van der Waals surface area contributed by atoms with E-state index in [4.69, 9.17) is 9.47 Å². The Labute approximate surface area is 173 Å². The predicted octanol–water partition coefficient (Wildman–Crippen LogP) is 3.13. The summed E-state index contributed by atoms with van der Waals surface area (Å²) >= 11 is 0. The van der Waals surface area contributed by atoms with E-state index < -0.39 is 5.97 Å². The fraction of sp³-hybridized carbons (Fsp3) is 0.286. The molecule has 3 rings (SSSR count). The molecule has 1 aromatic carbocycles. The Balaban J connectivity index is 1.99. The predicted molar refractivity (Wildman–Crippen MR) is 113 cm³/mol. The molecule has 9 nitrogen and oxygen atoms in total. The molecule has 158 valence electrons. The summed E-state index contributed by atoms with van der Waals surface area (Å²) in [5.41, 5.74) is 2.71. The number of rotatable bonds is 7. The van der Waals surface area contributed by atoms with E-state index >= 15 is 0 Å². The molecule has 9 heteroatoms. The second-order valence-corrected chi connectivity index (χ2v) is 6.60. The minimum atomic E-state index is -0.554. The van der Waals surface area contributed by atoms with Crippen molar-refractivity contribution in [1.29, 1.82) is 0 Å². The van der Waals surface area contributed by atoms with Crippen molar-refractivity contribution in [3.8, 4) is 11.5 Å². The van der Waals surface area contributed by atoms with Gasteiger partial charge in [0, 0.05) is 25.4 Å². The van der Waals surface area contributed by atoms with E-state index in [1.807, 2.05) is 19.1 Å². The Morgan fingerprint density at radius 2 is 2.00 bits per heavy atom. The van der Waals surface area contributed by atoms with Crippen LogP contribution in [0.5, 0.6) is 11.5 Å². The van der Waals surface area contributed by atoms with E-state index in [9.17, 15) is 14.7 Å². The lowest BCUT2D eigenvalue weighted by molar-refractivity contribution is -0.114. The third-order valence-electron chi connectivity index (χ3n) is 4.63. The number of anilines is 2. The summed E-state index contributed by atoms with van der Waals surface area (Å²) in [6.45, 7) is 4.17. The number of phenols is 1. The Hall–Kier alpha value is -3.75. The van der Waals surface area contributed by atoms with E-state index in [-0.39, 0.29) is 17.4 Å². The summed E-state index contributed by atoms with van der Waals surface area (Å²) in [5.74, 6) is -0.400. The standard InChI is InChI=1S/C21H24N4O5/c1-5-25-19(21(28)30-4)18(24-12(2)26)15-9-14(11-23-20(15)25)22-10-13-6-7-17(29-3)16(27)8-13/h6-9,11,22,27H,5,10H2,1-4H3,(H,24,26). The van der Waals surface area contributed by atoms with E-state index in [0.29, 0.717) is 41.2 Å². The number of esters is 1. The Kier molecular flexibility index (Phi) is 6.10. The van der Waals surface area contributed by atoms with Gasteiger partial charge in [-0.1, -0.05) is 6.07 Å². The highest BCUT2D eigenvalue weighted by Gasteiger charge is 2.24. The normalized spacial score (nSPS) is 10.7. The fourth-order valence-electron chi connectivity index (χ4n) is 3.29. The van der Waals surface area contributed by atoms with Crippen LogP contribution in [0.25, 0.3) is 11.0 Å². The molecule has 0 unspecified atom stereocenters. The minimum absolute atomic E-state index is 0.0565. The molecule has 30 heavy (non-hydrogen) atoms. The van der Waals surface area contributed by atoms with Crippen molar-refractivity contribution in [1.82, 2.24) is 9.55 Å². The Morgan fingerprint density at radius 3 is 2.60 bits per heavy atom. The van der Waals surface area contributed by atoms with Gasteiger partial charge in [-0.15, -0.1) is 0 Å². The third-order valence-corrected chi connectivity index (χ3v) is 4.63. The lowest BCUT2D eigenvalue weighted by Crippen LogP contribution is -2.14. The topological polar surface area (TPSA) is 115 Å². The zero-order valence-corrected chi connectivity index (χ0v) is 17.3. The summed E-state index contributed by atoms with van der Waals surface area (Å²) in [6.07, 6.45) is 1.65. The number of hydrogen-bond donors (Lipinski definition) is 3. The maximum absolute atomic E-state index is 12.4. The van der Waals surface area contributed by atoms with E-state index in [1.54, 1.807) is 22.9 Å². The number of methoxy groups -OCH3 is 2. The molecule has 1 amide bonds. The van der Waals surface area contributed by atoms with Gasteiger partial charge in [0.1, 0.15) is 5.65 Å². The highest BCUT2D eigenvalue weighted by molar-refractivity contribution is 6.10. The number of benzene rings is 1. The molecule has 0 saturated carbocycles. The summed E-state index contributed by atoms with van der Waals surface area (Å²) < 4.78 is 11.7. The molecule has 0 atom stereocenters. The third kappa shape index (κ3) is 4.00. The average molecular weight is 412 g/mol. The smallest absolute Gasteiger partial charge is 0.356 e. The fourth-order valence-corrected chi connectivity index (χ4v) is 3.29. The number of hydrogen-bond acceptors (Lipinski definition) is 7. The van der Waals surface area contributed by atoms with Crippen LogP contribution in [-0.2, 0) is 22.6 Å². The SMILES string of the molecule is CCn1c(C(=O)OC)c(NC(C)=O)c2cc(NCc3ccc(OC)c(O)c3)cnc21. The molecular formula is C21H24N4O5. The van der Waals surface area contributed by atoms with Gasteiger partial charge in [0.25, 0.3) is 0 Å². The van der Waals surface area contributed by atoms with Gasteiger partial charge < -0.3 is 29.8 Å². The van der Waals surface area contributed by atoms with Gasteiger partial charge in [-0.25, -0.2) is 9.78 Å². The molecular weight excluding hydrogens is 388 g/mol. The van der Waals surface area contributed by atoms with Crippen LogP contribution in [0.2, 0.25) is 0 Å². The maximum Gasteiger partial charge on any atom is 0.356 e. The van der Waals surface area contributed by atoms with Crippen LogP contribution in [0.1, 0.15) is 29.9 Å². The number of fused-ring (bicyclic) bond motifs is 1. The van der Waals surface area contributed by atoms with Crippen LogP contribution < -0.4 is 15.4 Å². The number of nitrogens with zero attached hydrogens (tertiary/aromatic N) is 2. The number of aromatic hydroxyl groups is 1. The molecule has 0 spiro atoms. The number of phenolic OH excluding ortho intramolecular Hbond substituents is 1. The van der Waals surface area contributed by atoms with Crippen LogP contribution >= 0.6 is 0 Å². The number of aryl methyl sites for hydroxylation is 1. The van der Waals surface area contributed by atoms with Crippen molar-refractivity contribution in [2.24, 2.45) is 0 Å². The molecule has 0 fully saturated rings. The van der Waals surface area contributed by atoms with E-state index in [0.717, 1.165) is 5.56 Å². The van der Waals surface area contributed by atoms with Crippen molar-refractivity contribution in [2.45, 2.75) is 26.9 Å². The minimum Gasteiger partial charge on any atom is -0.504 e. The summed E-state index contributed by atoms with van der Waals surface area (Å²) in [4.78, 5) is 28.6. The highest BCUT2D eigenvalue weighted by Crippen LogP contribution is 2.33. The number of ether oxygens (including phenoxy) is 2. The van der Waals surface area contributed by atoms with Gasteiger partial charge in [-0.2, -0.15) is 0 Å². The number of pyridine rings is 1. The van der Waals surface area contributed by atoms with Gasteiger partial charge in [0.2, 0.25) is 5.91 Å². The number of amides is 1. The van der Waals surface area contributed by atoms with Crippen molar-refractivity contribution in [3.63, 3.8) is 0 Å². The largest absolute Gasteiger partial charge is 0.504 e. The molecule has 3 aromatic rings. The lowest BCUT2D eigenvalue weighted by atomic mass is 10.2. The Bertz CT molecular complexity index is 1110. The second-order valence-electron chi connectivity index (χ2n) is 6.60. The first-order valence-corrected chi connectivity index (χ1v) is 9.37. The number of carbonyl (C=O) groups excluding carboxylic acids is 2. The van der Waals surface area contributed by atoms with E-state index in [2.05, 4.69) is 15.6 Å². The van der Waals surface area contributed by atoms with Crippen LogP contribution in [0.15, 0.2) is 30.5 Å². The molecule has 3 N–H and O–H groups in total. The first kappa shape index (κ1) is 21.0. The molecule has 0 saturated heterocycles. The highest BCUT2D eigenvalue weighted by atomic mass is 16.5. The molecule has 0 bridgehead atoms. The maximum atomic E-state index is 12.4. The van der Waals surface area contributed by atoms with Gasteiger partial charge in [0.05, 0.1) is 31.8 Å². The van der Waals surface area contributed by atoms with Crippen molar-refractivity contribution in [2.75, 3.05) is 24.9 Å². The first-order chi connectivity index (χ1) is 14.4. The van der Waals surface area contributed by atoms with Crippen molar-refractivity contribution in [3.05, 3.63) is 41.7 Å². The average Bonchev–Trinajstić information content (AvgIpc) is 3.03. The number of nitrogens with one attached hydrogen (secondary N) is 2.